The van der Waals surface area contributed by atoms with E-state index < -0.39 is 17.5 Å². The maximum atomic E-state index is 14.0. The van der Waals surface area contributed by atoms with Gasteiger partial charge in [-0.2, -0.15) is 5.10 Å². The number of halogens is 3. The maximum Gasteiger partial charge on any atom is 0.256 e. The van der Waals surface area contributed by atoms with E-state index in [2.05, 4.69) is 26.3 Å². The number of aromatic nitrogens is 2. The third-order valence-corrected chi connectivity index (χ3v) is 5.11. The Labute approximate surface area is 187 Å². The van der Waals surface area contributed by atoms with Crippen LogP contribution in [0.15, 0.2) is 41.0 Å². The summed E-state index contributed by atoms with van der Waals surface area (Å²) in [5.74, 6) is -0.194. The number of hydrogen-bond acceptors (Lipinski definition) is 4. The molecule has 0 saturated heterocycles. The van der Waals surface area contributed by atoms with Gasteiger partial charge in [0.2, 0.25) is 0 Å². The van der Waals surface area contributed by atoms with Crippen LogP contribution in [0, 0.1) is 18.6 Å². The van der Waals surface area contributed by atoms with Crippen LogP contribution in [-0.4, -0.2) is 29.4 Å². The Bertz CT molecular complexity index is 1100. The molecule has 0 aliphatic rings. The van der Waals surface area contributed by atoms with Crippen molar-refractivity contribution in [3.63, 3.8) is 0 Å². The fourth-order valence-electron chi connectivity index (χ4n) is 2.96. The number of aryl methyl sites for hydroxylation is 1. The summed E-state index contributed by atoms with van der Waals surface area (Å²) in [5.41, 5.74) is 1.14. The van der Waals surface area contributed by atoms with Crippen molar-refractivity contribution in [3.8, 4) is 11.5 Å². The van der Waals surface area contributed by atoms with Gasteiger partial charge < -0.3 is 14.8 Å². The van der Waals surface area contributed by atoms with Crippen molar-refractivity contribution in [3.05, 3.63) is 69.3 Å². The van der Waals surface area contributed by atoms with E-state index in [-0.39, 0.29) is 12.1 Å². The zero-order valence-electron chi connectivity index (χ0n) is 17.3. The fraction of sp³-hybridized carbons (Fsp3) is 0.273. The minimum absolute atomic E-state index is 0.0378. The average Bonchev–Trinajstić information content (AvgIpc) is 3.08. The number of anilines is 1. The number of benzene rings is 2. The number of nitrogens with zero attached hydrogens (tertiary/aromatic N) is 2. The lowest BCUT2D eigenvalue weighted by Gasteiger charge is -2.15. The third-order valence-electron chi connectivity index (χ3n) is 4.52. The minimum atomic E-state index is -0.553. The maximum absolute atomic E-state index is 14.0. The molecule has 1 heterocycles. The molecule has 0 fully saturated rings. The first-order valence-corrected chi connectivity index (χ1v) is 10.4. The zero-order chi connectivity index (χ0) is 22.5. The molecule has 1 aromatic heterocycles. The van der Waals surface area contributed by atoms with E-state index in [0.29, 0.717) is 39.5 Å². The Morgan fingerprint density at radius 2 is 2.03 bits per heavy atom. The third kappa shape index (κ3) is 5.22. The van der Waals surface area contributed by atoms with Crippen molar-refractivity contribution >= 4 is 27.7 Å². The number of carbonyl (C=O) groups excluding carboxylic acids is 1. The van der Waals surface area contributed by atoms with E-state index in [1.54, 1.807) is 25.3 Å². The number of nitrogens with one attached hydrogen (secondary N) is 1. The molecular formula is C22H22BrF2N3O3. The molecule has 1 amide bonds. The molecule has 1 N–H and O–H groups in total. The van der Waals surface area contributed by atoms with Crippen LogP contribution in [0.1, 0.15) is 34.8 Å². The highest BCUT2D eigenvalue weighted by molar-refractivity contribution is 9.10. The molecule has 0 radical (unpaired) electrons. The van der Waals surface area contributed by atoms with Gasteiger partial charge in [-0.05, 0) is 59.6 Å². The predicted octanol–water partition coefficient (Wildman–Crippen LogP) is 5.33. The lowest BCUT2D eigenvalue weighted by Crippen LogP contribution is -2.17. The second kappa shape index (κ2) is 9.91. The van der Waals surface area contributed by atoms with Gasteiger partial charge in [-0.25, -0.2) is 13.5 Å². The van der Waals surface area contributed by atoms with Crippen LogP contribution in [0.4, 0.5) is 14.6 Å². The van der Waals surface area contributed by atoms with Gasteiger partial charge in [0.05, 0.1) is 30.9 Å². The van der Waals surface area contributed by atoms with Crippen molar-refractivity contribution in [1.82, 2.24) is 9.78 Å². The normalized spacial score (nSPS) is 10.8. The Morgan fingerprint density at radius 1 is 1.26 bits per heavy atom. The molecule has 9 heteroatoms. The number of methoxy groups -OCH3 is 1. The zero-order valence-corrected chi connectivity index (χ0v) is 18.9. The first-order chi connectivity index (χ1) is 14.8. The highest BCUT2D eigenvalue weighted by Crippen LogP contribution is 2.37. The van der Waals surface area contributed by atoms with Crippen molar-refractivity contribution in [2.45, 2.75) is 26.8 Å². The molecule has 3 aromatic rings. The number of amides is 1. The van der Waals surface area contributed by atoms with Crippen LogP contribution in [0.5, 0.6) is 11.5 Å². The standard InChI is InChI=1S/C22H22BrF2N3O3/c1-4-7-31-20-17(23)9-14(10-19(20)30-3)22(29)27-21-13(2)11-26-28(21)12-15-8-16(24)5-6-18(15)25/h5-6,8-11H,4,7,12H2,1-3H3,(H,27,29). The van der Waals surface area contributed by atoms with Crippen molar-refractivity contribution in [1.29, 1.82) is 0 Å². The van der Waals surface area contributed by atoms with Crippen molar-refractivity contribution < 1.29 is 23.0 Å². The number of hydrogen-bond donors (Lipinski definition) is 1. The van der Waals surface area contributed by atoms with E-state index >= 15 is 0 Å². The topological polar surface area (TPSA) is 65.4 Å². The monoisotopic (exact) mass is 493 g/mol. The summed E-state index contributed by atoms with van der Waals surface area (Å²) in [7, 11) is 1.50. The van der Waals surface area contributed by atoms with Gasteiger partial charge >= 0.3 is 0 Å². The number of ether oxygens (including phenoxy) is 2. The minimum Gasteiger partial charge on any atom is -0.493 e. The van der Waals surface area contributed by atoms with Crippen LogP contribution >= 0.6 is 15.9 Å². The van der Waals surface area contributed by atoms with Gasteiger partial charge in [0.25, 0.3) is 5.91 Å². The Hall–Kier alpha value is -2.94. The summed E-state index contributed by atoms with van der Waals surface area (Å²) in [6.45, 7) is 4.22. The molecule has 0 bridgehead atoms. The van der Waals surface area contributed by atoms with Crippen molar-refractivity contribution in [2.24, 2.45) is 0 Å². The Kier molecular flexibility index (Phi) is 7.27. The average molecular weight is 494 g/mol. The summed E-state index contributed by atoms with van der Waals surface area (Å²) in [4.78, 5) is 12.9. The van der Waals surface area contributed by atoms with Gasteiger partial charge in [0, 0.05) is 16.7 Å². The lowest BCUT2D eigenvalue weighted by molar-refractivity contribution is 0.102. The van der Waals surface area contributed by atoms with E-state index in [1.807, 2.05) is 6.92 Å². The molecule has 0 aliphatic heterocycles. The second-order valence-corrected chi connectivity index (χ2v) is 7.72. The molecule has 0 atom stereocenters. The molecular weight excluding hydrogens is 472 g/mol. The van der Waals surface area contributed by atoms with Crippen LogP contribution in [-0.2, 0) is 6.54 Å². The molecule has 164 valence electrons. The first kappa shape index (κ1) is 22.7. The van der Waals surface area contributed by atoms with Gasteiger partial charge in [-0.3, -0.25) is 4.79 Å². The molecule has 0 unspecified atom stereocenters. The second-order valence-electron chi connectivity index (χ2n) is 6.86. The molecule has 3 rings (SSSR count). The molecule has 0 saturated carbocycles. The lowest BCUT2D eigenvalue weighted by atomic mass is 10.2. The summed E-state index contributed by atoms with van der Waals surface area (Å²) < 4.78 is 40.6. The van der Waals surface area contributed by atoms with Gasteiger partial charge in [0.1, 0.15) is 17.5 Å². The smallest absolute Gasteiger partial charge is 0.256 e. The molecule has 2 aromatic carbocycles. The summed E-state index contributed by atoms with van der Waals surface area (Å²) in [6, 6.07) is 6.42. The largest absolute Gasteiger partial charge is 0.493 e. The summed E-state index contributed by atoms with van der Waals surface area (Å²) >= 11 is 3.42. The summed E-state index contributed by atoms with van der Waals surface area (Å²) in [6.07, 6.45) is 2.37. The van der Waals surface area contributed by atoms with Gasteiger partial charge in [-0.15, -0.1) is 0 Å². The summed E-state index contributed by atoms with van der Waals surface area (Å²) in [5, 5.41) is 6.99. The van der Waals surface area contributed by atoms with Crippen LogP contribution < -0.4 is 14.8 Å². The highest BCUT2D eigenvalue weighted by Gasteiger charge is 2.18. The van der Waals surface area contributed by atoms with Crippen LogP contribution in [0.2, 0.25) is 0 Å². The SMILES string of the molecule is CCCOc1c(Br)cc(C(=O)Nc2c(C)cnn2Cc2cc(F)ccc2F)cc1OC. The van der Waals surface area contributed by atoms with E-state index in [9.17, 15) is 13.6 Å². The number of carbonyl (C=O) groups is 1. The van der Waals surface area contributed by atoms with E-state index in [0.717, 1.165) is 24.6 Å². The Balaban J connectivity index is 1.86. The predicted molar refractivity (Wildman–Crippen MR) is 117 cm³/mol. The van der Waals surface area contributed by atoms with E-state index in [4.69, 9.17) is 9.47 Å². The molecule has 0 aliphatic carbocycles. The Morgan fingerprint density at radius 3 is 2.74 bits per heavy atom. The quantitative estimate of drug-likeness (QED) is 0.460. The van der Waals surface area contributed by atoms with Crippen LogP contribution in [0.25, 0.3) is 0 Å². The molecule has 31 heavy (non-hydrogen) atoms. The fourth-order valence-corrected chi connectivity index (χ4v) is 3.52. The highest BCUT2D eigenvalue weighted by atomic mass is 79.9. The van der Waals surface area contributed by atoms with Gasteiger partial charge in [-0.1, -0.05) is 6.92 Å². The van der Waals surface area contributed by atoms with E-state index in [1.165, 1.54) is 11.8 Å². The first-order valence-electron chi connectivity index (χ1n) is 9.62. The number of rotatable bonds is 8. The van der Waals surface area contributed by atoms with Crippen molar-refractivity contribution in [2.75, 3.05) is 19.0 Å². The van der Waals surface area contributed by atoms with Gasteiger partial charge in [0.15, 0.2) is 11.5 Å². The molecule has 0 spiro atoms. The molecule has 6 nitrogen and oxygen atoms in total. The van der Waals surface area contributed by atoms with Crippen LogP contribution in [0.3, 0.4) is 0 Å².